The molecule has 0 bridgehead atoms. The Balaban J connectivity index is 1.20. The summed E-state index contributed by atoms with van der Waals surface area (Å²) >= 11 is 6.35. The van der Waals surface area contributed by atoms with Gasteiger partial charge in [-0.25, -0.2) is 4.98 Å². The number of anilines is 1. The average molecular weight is 433 g/mol. The van der Waals surface area contributed by atoms with Gasteiger partial charge in [-0.05, 0) is 65.8 Å². The molecule has 1 saturated carbocycles. The van der Waals surface area contributed by atoms with Crippen molar-refractivity contribution in [2.75, 3.05) is 37.6 Å². The minimum absolute atomic E-state index is 0.758. The third-order valence-corrected chi connectivity index (χ3v) is 6.43. The van der Waals surface area contributed by atoms with Crippen LogP contribution in [0, 0.1) is 5.92 Å². The van der Waals surface area contributed by atoms with Crippen LogP contribution in [0.3, 0.4) is 0 Å². The molecule has 2 fully saturated rings. The van der Waals surface area contributed by atoms with E-state index in [1.54, 1.807) is 6.20 Å². The summed E-state index contributed by atoms with van der Waals surface area (Å²) in [6, 6.07) is 15.1. The summed E-state index contributed by atoms with van der Waals surface area (Å²) in [5, 5.41) is 0.758. The number of aromatic nitrogens is 2. The second kappa shape index (κ2) is 9.29. The summed E-state index contributed by atoms with van der Waals surface area (Å²) < 4.78 is 2.05. The monoisotopic (exact) mass is 432 g/mol. The van der Waals surface area contributed by atoms with Crippen LogP contribution in [0.1, 0.15) is 29.5 Å². The summed E-state index contributed by atoms with van der Waals surface area (Å²) in [5.74, 6) is 0.985. The first-order valence-electron chi connectivity index (χ1n) is 11.2. The minimum Gasteiger partial charge on any atom is -0.369 e. The van der Waals surface area contributed by atoms with Gasteiger partial charge >= 0.3 is 0 Å². The predicted molar refractivity (Wildman–Crippen MR) is 130 cm³/mol. The van der Waals surface area contributed by atoms with E-state index in [1.165, 1.54) is 49.3 Å². The molecule has 0 N–H and O–H groups in total. The third-order valence-electron chi connectivity index (χ3n) is 6.22. The first kappa shape index (κ1) is 20.3. The number of piperazine rings is 1. The van der Waals surface area contributed by atoms with Gasteiger partial charge in [0.2, 0.25) is 0 Å². The van der Waals surface area contributed by atoms with E-state index in [1.807, 2.05) is 29.2 Å². The van der Waals surface area contributed by atoms with E-state index < -0.39 is 0 Å². The van der Waals surface area contributed by atoms with Crippen LogP contribution in [0.4, 0.5) is 5.69 Å². The number of hydrogen-bond acceptors (Lipinski definition) is 3. The second-order valence-electron chi connectivity index (χ2n) is 8.78. The van der Waals surface area contributed by atoms with Crippen molar-refractivity contribution in [2.24, 2.45) is 5.92 Å². The zero-order valence-electron chi connectivity index (χ0n) is 17.8. The maximum atomic E-state index is 6.35. The van der Waals surface area contributed by atoms with Crippen LogP contribution < -0.4 is 4.90 Å². The summed E-state index contributed by atoms with van der Waals surface area (Å²) in [4.78, 5) is 9.25. The van der Waals surface area contributed by atoms with Gasteiger partial charge in [-0.2, -0.15) is 0 Å². The molecule has 3 aromatic rings. The quantitative estimate of drug-likeness (QED) is 0.474. The molecule has 5 heteroatoms. The van der Waals surface area contributed by atoms with Crippen molar-refractivity contribution < 1.29 is 0 Å². The number of hydrogen-bond donors (Lipinski definition) is 0. The third kappa shape index (κ3) is 5.57. The van der Waals surface area contributed by atoms with Gasteiger partial charge in [0.05, 0.1) is 6.33 Å². The fourth-order valence-electron chi connectivity index (χ4n) is 4.30. The number of halogens is 1. The van der Waals surface area contributed by atoms with Crippen molar-refractivity contribution in [2.45, 2.75) is 19.4 Å². The Bertz CT molecular complexity index is 1010. The van der Waals surface area contributed by atoms with Crippen molar-refractivity contribution >= 4 is 29.4 Å². The first-order chi connectivity index (χ1) is 15.2. The van der Waals surface area contributed by atoms with E-state index in [0.29, 0.717) is 0 Å². The van der Waals surface area contributed by atoms with Crippen LogP contribution in [0.25, 0.3) is 12.2 Å². The van der Waals surface area contributed by atoms with E-state index in [9.17, 15) is 0 Å². The van der Waals surface area contributed by atoms with E-state index in [4.69, 9.17) is 11.6 Å². The van der Waals surface area contributed by atoms with Gasteiger partial charge in [-0.15, -0.1) is 0 Å². The molecule has 31 heavy (non-hydrogen) atoms. The molecule has 1 saturated heterocycles. The maximum Gasteiger partial charge on any atom is 0.0949 e. The van der Waals surface area contributed by atoms with E-state index in [-0.39, 0.29) is 0 Å². The smallest absolute Gasteiger partial charge is 0.0949 e. The highest BCUT2D eigenvalue weighted by atomic mass is 35.5. The lowest BCUT2D eigenvalue weighted by atomic mass is 10.1. The Labute approximate surface area is 189 Å². The molecule has 0 unspecified atom stereocenters. The maximum absolute atomic E-state index is 6.35. The van der Waals surface area contributed by atoms with Gasteiger partial charge in [0, 0.05) is 62.4 Å². The predicted octanol–water partition coefficient (Wildman–Crippen LogP) is 5.29. The standard InChI is InChI=1S/C26H29ClN4/c27-25-16-23(15-24(17-25)19-30-10-9-28-20-30)4-1-21-5-7-26(8-6-21)31-13-11-29(12-14-31)18-22-2-3-22/h1,4-10,15-17,20,22H,2-3,11-14,18-19H2/b4-1+. The summed E-state index contributed by atoms with van der Waals surface area (Å²) in [6.07, 6.45) is 12.8. The van der Waals surface area contributed by atoms with Crippen LogP contribution in [-0.4, -0.2) is 47.2 Å². The van der Waals surface area contributed by atoms with Crippen LogP contribution in [0.15, 0.2) is 61.2 Å². The van der Waals surface area contributed by atoms with Gasteiger partial charge in [0.1, 0.15) is 0 Å². The molecule has 2 heterocycles. The van der Waals surface area contributed by atoms with Crippen LogP contribution in [-0.2, 0) is 6.54 Å². The molecular weight excluding hydrogens is 404 g/mol. The molecule has 2 aromatic carbocycles. The lowest BCUT2D eigenvalue weighted by Gasteiger charge is -2.36. The van der Waals surface area contributed by atoms with Crippen molar-refractivity contribution in [1.82, 2.24) is 14.5 Å². The highest BCUT2D eigenvalue weighted by Crippen LogP contribution is 2.30. The number of rotatable bonds is 7. The summed E-state index contributed by atoms with van der Waals surface area (Å²) in [6.45, 7) is 6.71. The molecule has 4 nitrogen and oxygen atoms in total. The Kier molecular flexibility index (Phi) is 6.10. The molecular formula is C26H29ClN4. The van der Waals surface area contributed by atoms with Crippen molar-refractivity contribution in [1.29, 1.82) is 0 Å². The molecule has 1 aromatic heterocycles. The fraction of sp³-hybridized carbons (Fsp3) is 0.346. The minimum atomic E-state index is 0.758. The number of nitrogens with zero attached hydrogens (tertiary/aromatic N) is 4. The van der Waals surface area contributed by atoms with E-state index in [0.717, 1.165) is 36.1 Å². The van der Waals surface area contributed by atoms with Crippen molar-refractivity contribution in [3.63, 3.8) is 0 Å². The number of benzene rings is 2. The Hall–Kier alpha value is -2.56. The second-order valence-corrected chi connectivity index (χ2v) is 9.22. The molecule has 160 valence electrons. The van der Waals surface area contributed by atoms with Gasteiger partial charge < -0.3 is 9.47 Å². The zero-order chi connectivity index (χ0) is 21.0. The van der Waals surface area contributed by atoms with Crippen LogP contribution in [0.2, 0.25) is 5.02 Å². The molecule has 0 spiro atoms. The molecule has 2 aliphatic rings. The van der Waals surface area contributed by atoms with Crippen molar-refractivity contribution in [3.05, 3.63) is 82.9 Å². The molecule has 1 aliphatic carbocycles. The van der Waals surface area contributed by atoms with E-state index >= 15 is 0 Å². The largest absolute Gasteiger partial charge is 0.369 e. The molecule has 0 radical (unpaired) electrons. The Morgan fingerprint density at radius 3 is 2.42 bits per heavy atom. The average Bonchev–Trinajstić information content (AvgIpc) is 3.45. The van der Waals surface area contributed by atoms with Crippen LogP contribution >= 0.6 is 11.6 Å². The fourth-order valence-corrected chi connectivity index (χ4v) is 4.56. The van der Waals surface area contributed by atoms with Gasteiger partial charge in [-0.1, -0.05) is 35.9 Å². The van der Waals surface area contributed by atoms with Crippen LogP contribution in [0.5, 0.6) is 0 Å². The lowest BCUT2D eigenvalue weighted by molar-refractivity contribution is 0.248. The lowest BCUT2D eigenvalue weighted by Crippen LogP contribution is -2.47. The highest BCUT2D eigenvalue weighted by molar-refractivity contribution is 6.30. The summed E-state index contributed by atoms with van der Waals surface area (Å²) in [7, 11) is 0. The Morgan fingerprint density at radius 2 is 1.71 bits per heavy atom. The zero-order valence-corrected chi connectivity index (χ0v) is 18.6. The number of imidazole rings is 1. The summed E-state index contributed by atoms with van der Waals surface area (Å²) in [5.41, 5.74) is 4.81. The normalized spacial score (nSPS) is 17.5. The molecule has 1 aliphatic heterocycles. The van der Waals surface area contributed by atoms with Gasteiger partial charge in [0.25, 0.3) is 0 Å². The van der Waals surface area contributed by atoms with Crippen molar-refractivity contribution in [3.8, 4) is 0 Å². The van der Waals surface area contributed by atoms with Gasteiger partial charge in [0.15, 0.2) is 0 Å². The van der Waals surface area contributed by atoms with Gasteiger partial charge in [-0.3, -0.25) is 4.90 Å². The van der Waals surface area contributed by atoms with E-state index in [2.05, 4.69) is 57.3 Å². The highest BCUT2D eigenvalue weighted by Gasteiger charge is 2.26. The Morgan fingerprint density at radius 1 is 0.935 bits per heavy atom. The topological polar surface area (TPSA) is 24.3 Å². The first-order valence-corrected chi connectivity index (χ1v) is 11.6. The molecule has 5 rings (SSSR count). The molecule has 0 atom stereocenters. The SMILES string of the molecule is Clc1cc(/C=C/c2ccc(N3CCN(CC4CC4)CC3)cc2)cc(Cn2ccnc2)c1. The molecule has 0 amide bonds.